The molecule has 0 saturated carbocycles. The smallest absolute Gasteiger partial charge is 0.305 e. The second-order valence-electron chi connectivity index (χ2n) is 4.58. The fourth-order valence-electron chi connectivity index (χ4n) is 2.25. The van der Waals surface area contributed by atoms with Gasteiger partial charge in [0, 0.05) is 35.2 Å². The van der Waals surface area contributed by atoms with Crippen LogP contribution in [0.5, 0.6) is 0 Å². The SMILES string of the molecule is COC[C@H](OC)[C@H]1OC(OC(C)=O)[C@H](OC(C)=O)[C@H]1OC. The molecule has 0 radical (unpaired) electrons. The van der Waals surface area contributed by atoms with E-state index >= 15 is 0 Å². The number of ether oxygens (including phenoxy) is 6. The number of hydrogen-bond donors (Lipinski definition) is 0. The van der Waals surface area contributed by atoms with Crippen molar-refractivity contribution in [2.75, 3.05) is 27.9 Å². The first-order valence-electron chi connectivity index (χ1n) is 6.49. The van der Waals surface area contributed by atoms with Crippen LogP contribution in [-0.2, 0) is 38.0 Å². The zero-order valence-corrected chi connectivity index (χ0v) is 12.9. The van der Waals surface area contributed by atoms with Gasteiger partial charge in [0.1, 0.15) is 18.3 Å². The van der Waals surface area contributed by atoms with Gasteiger partial charge in [-0.1, -0.05) is 0 Å². The van der Waals surface area contributed by atoms with E-state index in [1.165, 1.54) is 35.2 Å². The van der Waals surface area contributed by atoms with E-state index in [1.54, 1.807) is 0 Å². The first-order chi connectivity index (χ1) is 9.94. The first-order valence-corrected chi connectivity index (χ1v) is 6.49. The lowest BCUT2D eigenvalue weighted by molar-refractivity contribution is -0.201. The minimum absolute atomic E-state index is 0.251. The quantitative estimate of drug-likeness (QED) is 0.602. The Bertz CT molecular complexity index is 358. The van der Waals surface area contributed by atoms with Crippen LogP contribution in [-0.4, -0.2) is 70.6 Å². The number of carbonyl (C=O) groups is 2. The van der Waals surface area contributed by atoms with Gasteiger partial charge in [0.05, 0.1) is 6.61 Å². The van der Waals surface area contributed by atoms with Crippen molar-refractivity contribution < 1.29 is 38.0 Å². The Kier molecular flexibility index (Phi) is 7.03. The average Bonchev–Trinajstić information content (AvgIpc) is 2.72. The van der Waals surface area contributed by atoms with Crippen LogP contribution in [0, 0.1) is 0 Å². The van der Waals surface area contributed by atoms with Crippen molar-refractivity contribution in [3.05, 3.63) is 0 Å². The molecule has 0 bridgehead atoms. The van der Waals surface area contributed by atoms with Gasteiger partial charge >= 0.3 is 11.9 Å². The summed E-state index contributed by atoms with van der Waals surface area (Å²) in [5, 5.41) is 0. The van der Waals surface area contributed by atoms with Crippen LogP contribution in [0.1, 0.15) is 13.8 Å². The van der Waals surface area contributed by atoms with Gasteiger partial charge in [-0.3, -0.25) is 9.59 Å². The Morgan fingerprint density at radius 2 is 1.67 bits per heavy atom. The molecule has 0 aromatic carbocycles. The van der Waals surface area contributed by atoms with Crippen LogP contribution >= 0.6 is 0 Å². The van der Waals surface area contributed by atoms with Gasteiger partial charge in [0.25, 0.3) is 0 Å². The van der Waals surface area contributed by atoms with Crippen LogP contribution in [0.4, 0.5) is 0 Å². The summed E-state index contributed by atoms with van der Waals surface area (Å²) in [4.78, 5) is 22.4. The monoisotopic (exact) mass is 306 g/mol. The molecule has 1 fully saturated rings. The maximum atomic E-state index is 11.2. The molecule has 1 aliphatic heterocycles. The van der Waals surface area contributed by atoms with Crippen molar-refractivity contribution in [3.8, 4) is 0 Å². The van der Waals surface area contributed by atoms with Gasteiger partial charge in [0.2, 0.25) is 6.29 Å². The number of methoxy groups -OCH3 is 3. The summed E-state index contributed by atoms with van der Waals surface area (Å²) in [5.41, 5.74) is 0. The second-order valence-corrected chi connectivity index (χ2v) is 4.58. The second kappa shape index (κ2) is 8.28. The summed E-state index contributed by atoms with van der Waals surface area (Å²) in [7, 11) is 4.48. The van der Waals surface area contributed by atoms with E-state index in [2.05, 4.69) is 0 Å². The van der Waals surface area contributed by atoms with E-state index in [9.17, 15) is 9.59 Å². The van der Waals surface area contributed by atoms with E-state index in [1.807, 2.05) is 0 Å². The summed E-state index contributed by atoms with van der Waals surface area (Å²) < 4.78 is 31.6. The van der Waals surface area contributed by atoms with Crippen molar-refractivity contribution in [2.24, 2.45) is 0 Å². The van der Waals surface area contributed by atoms with Crippen LogP contribution in [0.2, 0.25) is 0 Å². The molecular formula is C13H22O8. The van der Waals surface area contributed by atoms with Gasteiger partial charge in [-0.2, -0.15) is 0 Å². The summed E-state index contributed by atoms with van der Waals surface area (Å²) >= 11 is 0. The molecule has 1 unspecified atom stereocenters. The number of esters is 2. The summed E-state index contributed by atoms with van der Waals surface area (Å²) in [6, 6.07) is 0. The highest BCUT2D eigenvalue weighted by atomic mass is 16.7. The van der Waals surface area contributed by atoms with E-state index in [0.717, 1.165) is 0 Å². The molecule has 0 aromatic heterocycles. The molecule has 1 aliphatic rings. The third kappa shape index (κ3) is 4.63. The molecular weight excluding hydrogens is 284 g/mol. The number of carbonyl (C=O) groups excluding carboxylic acids is 2. The molecule has 0 amide bonds. The van der Waals surface area contributed by atoms with Crippen LogP contribution in [0.3, 0.4) is 0 Å². The average molecular weight is 306 g/mol. The molecule has 1 heterocycles. The summed E-state index contributed by atoms with van der Waals surface area (Å²) in [6.45, 7) is 2.75. The lowest BCUT2D eigenvalue weighted by Crippen LogP contribution is -2.44. The molecule has 122 valence electrons. The van der Waals surface area contributed by atoms with Crippen molar-refractivity contribution in [2.45, 2.75) is 44.6 Å². The highest BCUT2D eigenvalue weighted by molar-refractivity contribution is 5.67. The Balaban J connectivity index is 2.94. The van der Waals surface area contributed by atoms with Crippen LogP contribution in [0.25, 0.3) is 0 Å². The number of hydrogen-bond acceptors (Lipinski definition) is 8. The van der Waals surface area contributed by atoms with Gasteiger partial charge in [0.15, 0.2) is 6.10 Å². The molecule has 1 rings (SSSR count). The third-order valence-electron chi connectivity index (χ3n) is 3.06. The molecule has 0 aromatic rings. The van der Waals surface area contributed by atoms with E-state index in [0.29, 0.717) is 0 Å². The van der Waals surface area contributed by atoms with Crippen molar-refractivity contribution in [3.63, 3.8) is 0 Å². The molecule has 0 spiro atoms. The van der Waals surface area contributed by atoms with E-state index in [4.69, 9.17) is 28.4 Å². The Labute approximate surface area is 123 Å². The fraction of sp³-hybridized carbons (Fsp3) is 0.846. The van der Waals surface area contributed by atoms with Crippen molar-refractivity contribution in [1.29, 1.82) is 0 Å². The highest BCUT2D eigenvalue weighted by Crippen LogP contribution is 2.30. The molecule has 8 nitrogen and oxygen atoms in total. The highest BCUT2D eigenvalue weighted by Gasteiger charge is 2.52. The first kappa shape index (κ1) is 17.8. The zero-order valence-electron chi connectivity index (χ0n) is 12.9. The Morgan fingerprint density at radius 3 is 2.10 bits per heavy atom. The number of rotatable bonds is 7. The van der Waals surface area contributed by atoms with Gasteiger partial charge in [-0.05, 0) is 0 Å². The van der Waals surface area contributed by atoms with Crippen LogP contribution in [0.15, 0.2) is 0 Å². The lowest BCUT2D eigenvalue weighted by Gasteiger charge is -2.26. The standard InChI is InChI=1S/C13H22O8/c1-7(14)19-12-11(18-5)10(9(17-4)6-16-3)21-13(12)20-8(2)15/h9-13H,6H2,1-5H3/t9-,10+,11-,12+,13?/m0/s1. The van der Waals surface area contributed by atoms with Crippen molar-refractivity contribution >= 4 is 11.9 Å². The Hall–Kier alpha value is -1.22. The third-order valence-corrected chi connectivity index (χ3v) is 3.06. The molecule has 8 heteroatoms. The predicted octanol–water partition coefficient (Wildman–Crippen LogP) is -0.117. The molecule has 0 aliphatic carbocycles. The van der Waals surface area contributed by atoms with Gasteiger partial charge in [-0.15, -0.1) is 0 Å². The predicted molar refractivity (Wildman–Crippen MR) is 69.5 cm³/mol. The maximum Gasteiger partial charge on any atom is 0.305 e. The lowest BCUT2D eigenvalue weighted by atomic mass is 10.1. The summed E-state index contributed by atoms with van der Waals surface area (Å²) in [5.74, 6) is -1.07. The normalized spacial score (nSPS) is 30.0. The van der Waals surface area contributed by atoms with E-state index in [-0.39, 0.29) is 6.61 Å². The van der Waals surface area contributed by atoms with E-state index < -0.39 is 42.6 Å². The van der Waals surface area contributed by atoms with Crippen molar-refractivity contribution in [1.82, 2.24) is 0 Å². The fourth-order valence-corrected chi connectivity index (χ4v) is 2.25. The topological polar surface area (TPSA) is 89.5 Å². The molecule has 21 heavy (non-hydrogen) atoms. The maximum absolute atomic E-state index is 11.2. The molecule has 5 atom stereocenters. The molecule has 1 saturated heterocycles. The zero-order chi connectivity index (χ0) is 16.0. The Morgan fingerprint density at radius 1 is 1.05 bits per heavy atom. The molecule has 0 N–H and O–H groups in total. The van der Waals surface area contributed by atoms with Crippen LogP contribution < -0.4 is 0 Å². The largest absolute Gasteiger partial charge is 0.453 e. The van der Waals surface area contributed by atoms with Gasteiger partial charge < -0.3 is 28.4 Å². The summed E-state index contributed by atoms with van der Waals surface area (Å²) in [6.07, 6.45) is -3.61. The minimum atomic E-state index is -1.05. The van der Waals surface area contributed by atoms with Gasteiger partial charge in [-0.25, -0.2) is 0 Å². The minimum Gasteiger partial charge on any atom is -0.453 e.